The average Bonchev–Trinajstić information content (AvgIpc) is 3.34. The van der Waals surface area contributed by atoms with Gasteiger partial charge in [-0.2, -0.15) is 5.26 Å². The van der Waals surface area contributed by atoms with Gasteiger partial charge in [-0.05, 0) is 60.4 Å². The van der Waals surface area contributed by atoms with Crippen LogP contribution in [0.1, 0.15) is 30.9 Å². The maximum Gasteiger partial charge on any atom is 0.246 e. The number of β-amino-alcohol motifs (C(OH)–C–C–N with tert-alkyl or cyclic N) is 1. The summed E-state index contributed by atoms with van der Waals surface area (Å²) in [5.41, 5.74) is 3.77. The van der Waals surface area contributed by atoms with Crippen LogP contribution in [0.25, 0.3) is 11.1 Å². The van der Waals surface area contributed by atoms with Gasteiger partial charge in [0, 0.05) is 48.3 Å². The minimum Gasteiger partial charge on any atom is -0.392 e. The molecule has 1 unspecified atom stereocenters. The van der Waals surface area contributed by atoms with Crippen molar-refractivity contribution >= 4 is 40.7 Å². The van der Waals surface area contributed by atoms with Crippen molar-refractivity contribution in [2.24, 2.45) is 0 Å². The first-order chi connectivity index (χ1) is 18.7. The van der Waals surface area contributed by atoms with E-state index in [1.165, 1.54) is 0 Å². The Hall–Kier alpha value is -3.41. The number of amides is 2. The van der Waals surface area contributed by atoms with Gasteiger partial charge in [-0.3, -0.25) is 9.59 Å². The summed E-state index contributed by atoms with van der Waals surface area (Å²) in [6.07, 6.45) is 0.562. The third kappa shape index (κ3) is 7.81. The molecule has 1 fully saturated rings. The van der Waals surface area contributed by atoms with E-state index < -0.39 is 6.04 Å². The van der Waals surface area contributed by atoms with Gasteiger partial charge in [-0.25, -0.2) is 0 Å². The Bertz CT molecular complexity index is 1350. The van der Waals surface area contributed by atoms with E-state index in [2.05, 4.69) is 16.3 Å². The molecular formula is C30H30Cl2N4O3. The zero-order valence-electron chi connectivity index (χ0n) is 21.6. The molecule has 3 aromatic carbocycles. The number of nitrogens with one attached hydrogen (secondary N) is 1. The standard InChI is InChI=1S/C30H30Cl2N4O3/c1-20(30(39)34-27-15-25(31)14-26(32)16-27)36(29(38)10-12-35-11-9-28(37)19-35)18-21-5-7-23(8-6-21)24-4-2-3-22(13-24)17-33/h2-8,13-16,20,28,37H,9-12,18-19H2,1H3,(H,34,39)/t20?,28-/m1/s1. The highest BCUT2D eigenvalue weighted by Crippen LogP contribution is 2.24. The number of benzene rings is 3. The van der Waals surface area contributed by atoms with Crippen LogP contribution in [0, 0.1) is 11.3 Å². The summed E-state index contributed by atoms with van der Waals surface area (Å²) in [5, 5.41) is 22.6. The lowest BCUT2D eigenvalue weighted by atomic mass is 10.0. The zero-order chi connectivity index (χ0) is 27.9. The molecule has 0 radical (unpaired) electrons. The van der Waals surface area contributed by atoms with E-state index in [0.717, 1.165) is 23.2 Å². The number of carbonyl (C=O) groups excluding carboxylic acids is 2. The lowest BCUT2D eigenvalue weighted by Gasteiger charge is -2.29. The Morgan fingerprint density at radius 1 is 1.10 bits per heavy atom. The Morgan fingerprint density at radius 3 is 2.46 bits per heavy atom. The molecule has 7 nitrogen and oxygen atoms in total. The van der Waals surface area contributed by atoms with Crippen molar-refractivity contribution in [3.8, 4) is 17.2 Å². The normalized spacial score (nSPS) is 15.9. The first-order valence-corrected chi connectivity index (χ1v) is 13.5. The van der Waals surface area contributed by atoms with Crippen LogP contribution < -0.4 is 5.32 Å². The molecule has 39 heavy (non-hydrogen) atoms. The van der Waals surface area contributed by atoms with Crippen LogP contribution in [0.4, 0.5) is 5.69 Å². The average molecular weight is 566 g/mol. The van der Waals surface area contributed by atoms with Crippen LogP contribution >= 0.6 is 23.2 Å². The molecule has 1 saturated heterocycles. The highest BCUT2D eigenvalue weighted by atomic mass is 35.5. The van der Waals surface area contributed by atoms with Gasteiger partial charge in [0.15, 0.2) is 0 Å². The van der Waals surface area contributed by atoms with Crippen LogP contribution in [0.2, 0.25) is 10.0 Å². The van der Waals surface area contributed by atoms with Gasteiger partial charge in [0.1, 0.15) is 6.04 Å². The number of rotatable bonds is 9. The maximum absolute atomic E-state index is 13.4. The van der Waals surface area contributed by atoms with Crippen LogP contribution in [0.3, 0.4) is 0 Å². The highest BCUT2D eigenvalue weighted by Gasteiger charge is 2.28. The molecule has 4 rings (SSSR count). The molecule has 0 aromatic heterocycles. The Balaban J connectivity index is 1.51. The number of aliphatic hydroxyl groups is 1. The molecule has 0 saturated carbocycles. The Labute approximate surface area is 238 Å². The van der Waals surface area contributed by atoms with Crippen molar-refractivity contribution < 1.29 is 14.7 Å². The predicted molar refractivity (Wildman–Crippen MR) is 153 cm³/mol. The smallest absolute Gasteiger partial charge is 0.246 e. The van der Waals surface area contributed by atoms with E-state index in [9.17, 15) is 20.0 Å². The number of aliphatic hydroxyl groups excluding tert-OH is 1. The third-order valence-corrected chi connectivity index (χ3v) is 7.26. The van der Waals surface area contributed by atoms with Crippen molar-refractivity contribution in [3.63, 3.8) is 0 Å². The van der Waals surface area contributed by atoms with E-state index in [-0.39, 0.29) is 30.9 Å². The van der Waals surface area contributed by atoms with Crippen LogP contribution in [0.5, 0.6) is 0 Å². The summed E-state index contributed by atoms with van der Waals surface area (Å²) in [7, 11) is 0. The van der Waals surface area contributed by atoms with Crippen molar-refractivity contribution in [1.29, 1.82) is 5.26 Å². The van der Waals surface area contributed by atoms with Crippen molar-refractivity contribution in [1.82, 2.24) is 9.80 Å². The lowest BCUT2D eigenvalue weighted by Crippen LogP contribution is -2.46. The first kappa shape index (κ1) is 28.6. The van der Waals surface area contributed by atoms with E-state index >= 15 is 0 Å². The largest absolute Gasteiger partial charge is 0.392 e. The molecule has 1 aliphatic heterocycles. The SMILES string of the molecule is CC(C(=O)Nc1cc(Cl)cc(Cl)c1)N(Cc1ccc(-c2cccc(C#N)c2)cc1)C(=O)CCN1CC[C@@H](O)C1. The fourth-order valence-corrected chi connectivity index (χ4v) is 5.16. The number of hydrogen-bond donors (Lipinski definition) is 2. The van der Waals surface area contributed by atoms with E-state index in [4.69, 9.17) is 23.2 Å². The lowest BCUT2D eigenvalue weighted by molar-refractivity contribution is -0.139. The molecule has 202 valence electrons. The van der Waals surface area contributed by atoms with E-state index in [0.29, 0.717) is 40.8 Å². The van der Waals surface area contributed by atoms with Gasteiger partial charge in [-0.15, -0.1) is 0 Å². The van der Waals surface area contributed by atoms with Gasteiger partial charge in [0.05, 0.1) is 17.7 Å². The molecular weight excluding hydrogens is 535 g/mol. The molecule has 2 amide bonds. The number of nitriles is 1. The number of halogens is 2. The number of hydrogen-bond acceptors (Lipinski definition) is 5. The number of likely N-dealkylation sites (tertiary alicyclic amines) is 1. The van der Waals surface area contributed by atoms with Crippen molar-refractivity contribution in [2.75, 3.05) is 25.0 Å². The fourth-order valence-electron chi connectivity index (χ4n) is 4.64. The summed E-state index contributed by atoms with van der Waals surface area (Å²) in [6.45, 7) is 3.74. The third-order valence-electron chi connectivity index (χ3n) is 6.82. The molecule has 0 bridgehead atoms. The minimum atomic E-state index is -0.772. The molecule has 0 spiro atoms. The van der Waals surface area contributed by atoms with Crippen LogP contribution in [-0.4, -0.2) is 58.5 Å². The summed E-state index contributed by atoms with van der Waals surface area (Å²) in [6, 6.07) is 21.3. The second-order valence-electron chi connectivity index (χ2n) is 9.73. The van der Waals surface area contributed by atoms with Gasteiger partial charge in [0.2, 0.25) is 11.8 Å². The van der Waals surface area contributed by atoms with Gasteiger partial charge in [-0.1, -0.05) is 59.6 Å². The molecule has 2 N–H and O–H groups in total. The summed E-state index contributed by atoms with van der Waals surface area (Å²) < 4.78 is 0. The van der Waals surface area contributed by atoms with Gasteiger partial charge < -0.3 is 20.2 Å². The van der Waals surface area contributed by atoms with Crippen LogP contribution in [0.15, 0.2) is 66.7 Å². The van der Waals surface area contributed by atoms with Crippen molar-refractivity contribution in [2.45, 2.75) is 38.5 Å². The summed E-state index contributed by atoms with van der Waals surface area (Å²) in [5.74, 6) is -0.516. The summed E-state index contributed by atoms with van der Waals surface area (Å²) in [4.78, 5) is 30.3. The van der Waals surface area contributed by atoms with E-state index in [1.807, 2.05) is 42.5 Å². The molecule has 3 aromatic rings. The maximum atomic E-state index is 13.4. The molecule has 9 heteroatoms. The topological polar surface area (TPSA) is 96.7 Å². The zero-order valence-corrected chi connectivity index (χ0v) is 23.1. The highest BCUT2D eigenvalue weighted by molar-refractivity contribution is 6.35. The molecule has 2 atom stereocenters. The minimum absolute atomic E-state index is 0.158. The van der Waals surface area contributed by atoms with Gasteiger partial charge >= 0.3 is 0 Å². The first-order valence-electron chi connectivity index (χ1n) is 12.8. The summed E-state index contributed by atoms with van der Waals surface area (Å²) >= 11 is 12.2. The molecule has 1 aliphatic rings. The Morgan fingerprint density at radius 2 is 1.82 bits per heavy atom. The molecule has 0 aliphatic carbocycles. The second-order valence-corrected chi connectivity index (χ2v) is 10.6. The van der Waals surface area contributed by atoms with Crippen molar-refractivity contribution in [3.05, 3.63) is 87.9 Å². The van der Waals surface area contributed by atoms with Gasteiger partial charge in [0.25, 0.3) is 0 Å². The Kier molecular flexibility index (Phi) is 9.60. The fraction of sp³-hybridized carbons (Fsp3) is 0.300. The number of anilines is 1. The monoisotopic (exact) mass is 564 g/mol. The van der Waals surface area contributed by atoms with Crippen LogP contribution in [-0.2, 0) is 16.1 Å². The molecule has 1 heterocycles. The van der Waals surface area contributed by atoms with E-state index in [1.54, 1.807) is 36.1 Å². The number of nitrogens with zero attached hydrogens (tertiary/aromatic N) is 3. The predicted octanol–water partition coefficient (Wildman–Crippen LogP) is 5.34. The number of carbonyl (C=O) groups is 2. The second kappa shape index (κ2) is 13.1. The quantitative estimate of drug-likeness (QED) is 0.365.